The zero-order chi connectivity index (χ0) is 14.2. The van der Waals surface area contributed by atoms with Gasteiger partial charge in [-0.2, -0.15) is 0 Å². The van der Waals surface area contributed by atoms with Crippen molar-refractivity contribution in [3.63, 3.8) is 0 Å². The van der Waals surface area contributed by atoms with E-state index in [0.717, 1.165) is 43.3 Å². The van der Waals surface area contributed by atoms with Crippen molar-refractivity contribution in [2.24, 2.45) is 0 Å². The van der Waals surface area contributed by atoms with E-state index in [1.54, 1.807) is 6.20 Å². The third-order valence-corrected chi connectivity index (χ3v) is 2.87. The van der Waals surface area contributed by atoms with E-state index in [9.17, 15) is 0 Å². The molecule has 4 nitrogen and oxygen atoms in total. The van der Waals surface area contributed by atoms with Gasteiger partial charge >= 0.3 is 0 Å². The molecule has 1 N–H and O–H groups in total. The van der Waals surface area contributed by atoms with Crippen LogP contribution in [0.15, 0.2) is 36.7 Å². The molecule has 106 valence electrons. The first-order chi connectivity index (χ1) is 9.78. The molecule has 2 rings (SSSR count). The van der Waals surface area contributed by atoms with Crippen molar-refractivity contribution in [2.75, 3.05) is 6.61 Å². The van der Waals surface area contributed by atoms with Crippen LogP contribution < -0.4 is 10.1 Å². The number of hydrogen-bond donors (Lipinski definition) is 1. The molecule has 0 fully saturated rings. The minimum atomic E-state index is 0.724. The number of rotatable bonds is 7. The Kier molecular flexibility index (Phi) is 5.50. The molecule has 4 heteroatoms. The summed E-state index contributed by atoms with van der Waals surface area (Å²) in [5, 5.41) is 3.36. The summed E-state index contributed by atoms with van der Waals surface area (Å²) in [6.45, 7) is 6.34. The summed E-state index contributed by atoms with van der Waals surface area (Å²) < 4.78 is 5.56. The van der Waals surface area contributed by atoms with E-state index in [1.807, 2.05) is 25.3 Å². The van der Waals surface area contributed by atoms with Crippen LogP contribution in [0.5, 0.6) is 5.75 Å². The van der Waals surface area contributed by atoms with Gasteiger partial charge in [0.15, 0.2) is 0 Å². The molecule has 0 unspecified atom stereocenters. The smallest absolute Gasteiger partial charge is 0.119 e. The van der Waals surface area contributed by atoms with Gasteiger partial charge in [0, 0.05) is 25.5 Å². The Hall–Kier alpha value is -1.94. The van der Waals surface area contributed by atoms with Gasteiger partial charge in [-0.1, -0.05) is 19.1 Å². The Morgan fingerprint density at radius 2 is 1.85 bits per heavy atom. The molecular weight excluding hydrogens is 250 g/mol. The van der Waals surface area contributed by atoms with E-state index < -0.39 is 0 Å². The van der Waals surface area contributed by atoms with Crippen LogP contribution in [0.1, 0.15) is 30.3 Å². The fourth-order valence-corrected chi connectivity index (χ4v) is 1.77. The van der Waals surface area contributed by atoms with Crippen LogP contribution in [-0.2, 0) is 13.1 Å². The number of hydrogen-bond acceptors (Lipinski definition) is 4. The highest BCUT2D eigenvalue weighted by Crippen LogP contribution is 2.12. The first-order valence-corrected chi connectivity index (χ1v) is 6.98. The second kappa shape index (κ2) is 7.60. The molecule has 0 atom stereocenters. The zero-order valence-corrected chi connectivity index (χ0v) is 12.1. The highest BCUT2D eigenvalue weighted by atomic mass is 16.5. The van der Waals surface area contributed by atoms with Gasteiger partial charge in [-0.15, -0.1) is 0 Å². The van der Waals surface area contributed by atoms with E-state index in [0.29, 0.717) is 0 Å². The van der Waals surface area contributed by atoms with E-state index >= 15 is 0 Å². The van der Waals surface area contributed by atoms with E-state index in [-0.39, 0.29) is 0 Å². The van der Waals surface area contributed by atoms with Crippen LogP contribution in [0, 0.1) is 6.92 Å². The lowest BCUT2D eigenvalue weighted by molar-refractivity contribution is 0.317. The van der Waals surface area contributed by atoms with Crippen molar-refractivity contribution in [3.05, 3.63) is 53.6 Å². The molecule has 0 aliphatic carbocycles. The molecule has 0 radical (unpaired) electrons. The lowest BCUT2D eigenvalue weighted by Crippen LogP contribution is -2.13. The minimum Gasteiger partial charge on any atom is -0.494 e. The van der Waals surface area contributed by atoms with Crippen LogP contribution in [0.2, 0.25) is 0 Å². The monoisotopic (exact) mass is 271 g/mol. The van der Waals surface area contributed by atoms with Gasteiger partial charge in [0.25, 0.3) is 0 Å². The maximum absolute atomic E-state index is 5.56. The average molecular weight is 271 g/mol. The van der Waals surface area contributed by atoms with E-state index in [1.165, 1.54) is 5.56 Å². The molecule has 1 aromatic carbocycles. The number of aryl methyl sites for hydroxylation is 1. The molecule has 20 heavy (non-hydrogen) atoms. The number of aromatic nitrogens is 2. The highest BCUT2D eigenvalue weighted by Gasteiger charge is 1.97. The minimum absolute atomic E-state index is 0.724. The summed E-state index contributed by atoms with van der Waals surface area (Å²) in [6, 6.07) is 8.19. The molecule has 0 amide bonds. The molecule has 2 aromatic rings. The number of nitrogens with one attached hydrogen (secondary N) is 1. The van der Waals surface area contributed by atoms with Crippen LogP contribution in [-0.4, -0.2) is 16.6 Å². The topological polar surface area (TPSA) is 47.0 Å². The maximum Gasteiger partial charge on any atom is 0.119 e. The van der Waals surface area contributed by atoms with Gasteiger partial charge < -0.3 is 10.1 Å². The van der Waals surface area contributed by atoms with Crippen molar-refractivity contribution in [1.82, 2.24) is 15.3 Å². The van der Waals surface area contributed by atoms with Crippen LogP contribution in [0.4, 0.5) is 0 Å². The van der Waals surface area contributed by atoms with E-state index in [2.05, 4.69) is 34.3 Å². The maximum atomic E-state index is 5.56. The Balaban J connectivity index is 1.77. The highest BCUT2D eigenvalue weighted by molar-refractivity contribution is 5.27. The van der Waals surface area contributed by atoms with Gasteiger partial charge in [-0.25, -0.2) is 0 Å². The standard InChI is InChI=1S/C16H21N3O/c1-3-8-20-16-6-4-14(5-7-16)10-17-11-15-12-18-13(2)9-19-15/h4-7,9,12,17H,3,8,10-11H2,1-2H3. The normalized spacial score (nSPS) is 10.5. The molecule has 1 heterocycles. The number of ether oxygens (including phenoxy) is 1. The van der Waals surface area contributed by atoms with Crippen molar-refractivity contribution in [1.29, 1.82) is 0 Å². The molecule has 1 aromatic heterocycles. The molecule has 0 bridgehead atoms. The van der Waals surface area contributed by atoms with Gasteiger partial charge in [0.05, 0.1) is 18.0 Å². The Morgan fingerprint density at radius 1 is 1.05 bits per heavy atom. The van der Waals surface area contributed by atoms with Gasteiger partial charge in [0.1, 0.15) is 5.75 Å². The summed E-state index contributed by atoms with van der Waals surface area (Å²) in [4.78, 5) is 8.54. The number of benzene rings is 1. The Bertz CT molecular complexity index is 508. The SMILES string of the molecule is CCCOc1ccc(CNCc2cnc(C)cn2)cc1. The predicted octanol–water partition coefficient (Wildman–Crippen LogP) is 2.86. The Morgan fingerprint density at radius 3 is 2.50 bits per heavy atom. The summed E-state index contributed by atoms with van der Waals surface area (Å²) >= 11 is 0. The van der Waals surface area contributed by atoms with Crippen molar-refractivity contribution < 1.29 is 4.74 Å². The molecule has 0 spiro atoms. The summed E-state index contributed by atoms with van der Waals surface area (Å²) in [5.74, 6) is 0.931. The van der Waals surface area contributed by atoms with Crippen molar-refractivity contribution >= 4 is 0 Å². The summed E-state index contributed by atoms with van der Waals surface area (Å²) in [7, 11) is 0. The van der Waals surface area contributed by atoms with Gasteiger partial charge in [-0.05, 0) is 31.0 Å². The second-order valence-electron chi connectivity index (χ2n) is 4.75. The molecular formula is C16H21N3O. The first-order valence-electron chi connectivity index (χ1n) is 6.98. The summed E-state index contributed by atoms with van der Waals surface area (Å²) in [5.41, 5.74) is 3.13. The van der Waals surface area contributed by atoms with Crippen molar-refractivity contribution in [3.8, 4) is 5.75 Å². The summed E-state index contributed by atoms with van der Waals surface area (Å²) in [6.07, 6.45) is 4.63. The lowest BCUT2D eigenvalue weighted by Gasteiger charge is -2.07. The molecule has 0 saturated carbocycles. The third-order valence-electron chi connectivity index (χ3n) is 2.87. The molecule has 0 aliphatic rings. The van der Waals surface area contributed by atoms with Crippen LogP contribution in [0.3, 0.4) is 0 Å². The quantitative estimate of drug-likeness (QED) is 0.841. The lowest BCUT2D eigenvalue weighted by atomic mass is 10.2. The number of nitrogens with zero attached hydrogens (tertiary/aromatic N) is 2. The zero-order valence-electron chi connectivity index (χ0n) is 12.1. The van der Waals surface area contributed by atoms with E-state index in [4.69, 9.17) is 4.74 Å². The van der Waals surface area contributed by atoms with Gasteiger partial charge in [-0.3, -0.25) is 9.97 Å². The molecule has 0 saturated heterocycles. The Labute approximate surface area is 120 Å². The average Bonchev–Trinajstić information content (AvgIpc) is 2.48. The van der Waals surface area contributed by atoms with Gasteiger partial charge in [0.2, 0.25) is 0 Å². The first kappa shape index (κ1) is 14.5. The fraction of sp³-hybridized carbons (Fsp3) is 0.375. The second-order valence-corrected chi connectivity index (χ2v) is 4.75. The predicted molar refractivity (Wildman–Crippen MR) is 79.5 cm³/mol. The largest absolute Gasteiger partial charge is 0.494 e. The third kappa shape index (κ3) is 4.63. The van der Waals surface area contributed by atoms with Crippen LogP contribution in [0.25, 0.3) is 0 Å². The fourth-order valence-electron chi connectivity index (χ4n) is 1.77. The van der Waals surface area contributed by atoms with Crippen LogP contribution >= 0.6 is 0 Å². The van der Waals surface area contributed by atoms with Crippen molar-refractivity contribution in [2.45, 2.75) is 33.4 Å². The molecule has 0 aliphatic heterocycles.